The van der Waals surface area contributed by atoms with E-state index in [-0.39, 0.29) is 16.7 Å². The fourth-order valence-corrected chi connectivity index (χ4v) is 2.68. The third kappa shape index (κ3) is 4.47. The molecule has 0 aliphatic rings. The van der Waals surface area contributed by atoms with E-state index in [1.54, 1.807) is 24.3 Å². The number of anilines is 1. The molecular weight excluding hydrogens is 342 g/mol. The molecule has 0 saturated carbocycles. The first-order valence-corrected chi connectivity index (χ1v) is 7.61. The van der Waals surface area contributed by atoms with Crippen molar-refractivity contribution < 1.29 is 9.59 Å². The zero-order chi connectivity index (χ0) is 17.0. The van der Waals surface area contributed by atoms with Crippen LogP contribution in [0.3, 0.4) is 0 Å². The zero-order valence-electron chi connectivity index (χ0n) is 11.7. The van der Waals surface area contributed by atoms with E-state index in [1.165, 1.54) is 10.6 Å². The van der Waals surface area contributed by atoms with Crippen LogP contribution in [0.5, 0.6) is 0 Å². The largest absolute Gasteiger partial charge is 0.385 e. The number of hydrogen-bond acceptors (Lipinski definition) is 6. The number of nitrogens with zero attached hydrogens (tertiary/aromatic N) is 2. The first-order valence-electron chi connectivity index (χ1n) is 6.24. The predicted octanol–water partition coefficient (Wildman–Crippen LogP) is 0.755. The third-order valence-electron chi connectivity index (χ3n) is 2.61. The summed E-state index contributed by atoms with van der Waals surface area (Å²) in [5.74, 6) is -0.612. The lowest BCUT2D eigenvalue weighted by Crippen LogP contribution is -2.36. The minimum absolute atomic E-state index is 0.158. The molecule has 0 aliphatic carbocycles. The number of carbonyl (C=O) groups excluding carboxylic acids is 2. The number of thioether (sulfide) groups is 1. The van der Waals surface area contributed by atoms with Crippen LogP contribution in [0.4, 0.5) is 10.6 Å². The van der Waals surface area contributed by atoms with Crippen molar-refractivity contribution in [2.75, 3.05) is 11.5 Å². The summed E-state index contributed by atoms with van der Waals surface area (Å²) in [6.45, 7) is 0. The van der Waals surface area contributed by atoms with Crippen molar-refractivity contribution >= 4 is 41.1 Å². The molecule has 0 radical (unpaired) electrons. The topological polar surface area (TPSA) is 133 Å². The number of urea groups is 1. The summed E-state index contributed by atoms with van der Waals surface area (Å²) in [7, 11) is 0. The smallest absolute Gasteiger partial charge is 0.318 e. The van der Waals surface area contributed by atoms with E-state index < -0.39 is 17.5 Å². The minimum atomic E-state index is -0.953. The summed E-state index contributed by atoms with van der Waals surface area (Å²) in [6.07, 6.45) is 0. The van der Waals surface area contributed by atoms with Gasteiger partial charge in [-0.1, -0.05) is 23.4 Å². The number of benzene rings is 1. The van der Waals surface area contributed by atoms with E-state index in [4.69, 9.17) is 23.1 Å². The van der Waals surface area contributed by atoms with Crippen molar-refractivity contribution in [3.63, 3.8) is 0 Å². The van der Waals surface area contributed by atoms with Gasteiger partial charge in [-0.05, 0) is 24.3 Å². The van der Waals surface area contributed by atoms with Gasteiger partial charge in [-0.3, -0.25) is 19.5 Å². The highest BCUT2D eigenvalue weighted by molar-refractivity contribution is 7.99. The van der Waals surface area contributed by atoms with E-state index >= 15 is 0 Å². The molecule has 1 heterocycles. The number of rotatable bonds is 4. The van der Waals surface area contributed by atoms with Gasteiger partial charge in [-0.15, -0.1) is 0 Å². The van der Waals surface area contributed by atoms with Crippen LogP contribution in [0, 0.1) is 0 Å². The Bertz CT molecular complexity index is 806. The molecule has 10 heteroatoms. The number of nitrogen functional groups attached to an aromatic ring is 1. The van der Waals surface area contributed by atoms with Crippen LogP contribution in [0.25, 0.3) is 5.69 Å². The number of carbonyl (C=O) groups is 2. The first-order chi connectivity index (χ1) is 10.9. The molecule has 0 spiro atoms. The van der Waals surface area contributed by atoms with Gasteiger partial charge in [-0.2, -0.15) is 4.98 Å². The summed E-state index contributed by atoms with van der Waals surface area (Å²) in [6, 6.07) is 6.91. The van der Waals surface area contributed by atoms with Gasteiger partial charge in [0.15, 0.2) is 5.16 Å². The maximum atomic E-state index is 11.6. The lowest BCUT2D eigenvalue weighted by atomic mass is 10.3. The molecule has 0 bridgehead atoms. The average molecular weight is 354 g/mol. The normalized spacial score (nSPS) is 10.3. The molecule has 0 aliphatic heterocycles. The summed E-state index contributed by atoms with van der Waals surface area (Å²) in [4.78, 5) is 37.5. The number of hydrogen-bond donors (Lipinski definition) is 3. The van der Waals surface area contributed by atoms with Crippen LogP contribution < -0.4 is 22.3 Å². The lowest BCUT2D eigenvalue weighted by molar-refractivity contribution is -0.117. The summed E-state index contributed by atoms with van der Waals surface area (Å²) in [5.41, 5.74) is 10.8. The highest BCUT2D eigenvalue weighted by Gasteiger charge is 2.13. The summed E-state index contributed by atoms with van der Waals surface area (Å²) >= 11 is 6.79. The number of nitrogens with two attached hydrogens (primary N) is 2. The first kappa shape index (κ1) is 16.8. The second kappa shape index (κ2) is 7.16. The van der Waals surface area contributed by atoms with Gasteiger partial charge in [0, 0.05) is 16.8 Å². The molecule has 0 unspecified atom stereocenters. The van der Waals surface area contributed by atoms with Crippen molar-refractivity contribution in [2.45, 2.75) is 5.16 Å². The molecular formula is C13H12ClN5O3S. The molecule has 2 rings (SSSR count). The Hall–Kier alpha value is -2.52. The van der Waals surface area contributed by atoms with Gasteiger partial charge >= 0.3 is 6.03 Å². The Morgan fingerprint density at radius 3 is 2.57 bits per heavy atom. The second-order valence-electron chi connectivity index (χ2n) is 4.31. The van der Waals surface area contributed by atoms with E-state index in [9.17, 15) is 14.4 Å². The standard InChI is InChI=1S/C13H12ClN5O3S/c14-7-1-3-8(4-2-7)19-9(15)5-10(20)18-13(19)23-6-11(21)17-12(16)22/h1-5H,6,15H2,(H3,16,17,21,22). The van der Waals surface area contributed by atoms with Crippen LogP contribution in [-0.2, 0) is 4.79 Å². The Morgan fingerprint density at radius 2 is 1.96 bits per heavy atom. The van der Waals surface area contributed by atoms with Crippen molar-refractivity contribution in [1.29, 1.82) is 0 Å². The number of halogens is 1. The molecule has 120 valence electrons. The van der Waals surface area contributed by atoms with E-state index in [1.807, 2.05) is 5.32 Å². The van der Waals surface area contributed by atoms with Crippen LogP contribution in [0.15, 0.2) is 40.3 Å². The minimum Gasteiger partial charge on any atom is -0.385 e. The monoisotopic (exact) mass is 353 g/mol. The van der Waals surface area contributed by atoms with E-state index in [0.717, 1.165) is 11.8 Å². The van der Waals surface area contributed by atoms with E-state index in [0.29, 0.717) is 10.7 Å². The van der Waals surface area contributed by atoms with Gasteiger partial charge in [0.05, 0.1) is 5.75 Å². The van der Waals surface area contributed by atoms with Crippen LogP contribution in [0.2, 0.25) is 5.02 Å². The van der Waals surface area contributed by atoms with E-state index in [2.05, 4.69) is 4.98 Å². The highest BCUT2D eigenvalue weighted by atomic mass is 35.5. The number of nitrogens with one attached hydrogen (secondary N) is 1. The quantitative estimate of drug-likeness (QED) is 0.548. The molecule has 23 heavy (non-hydrogen) atoms. The van der Waals surface area contributed by atoms with Crippen LogP contribution in [-0.4, -0.2) is 27.2 Å². The van der Waals surface area contributed by atoms with Gasteiger partial charge in [0.1, 0.15) is 5.82 Å². The zero-order valence-corrected chi connectivity index (χ0v) is 13.2. The average Bonchev–Trinajstić information content (AvgIpc) is 2.45. The molecule has 3 amide bonds. The Morgan fingerprint density at radius 1 is 1.30 bits per heavy atom. The molecule has 0 fully saturated rings. The maximum Gasteiger partial charge on any atom is 0.318 e. The fraction of sp³-hybridized carbons (Fsp3) is 0.0769. The molecule has 2 aromatic rings. The molecule has 8 nitrogen and oxygen atoms in total. The van der Waals surface area contributed by atoms with Crippen molar-refractivity contribution in [2.24, 2.45) is 5.73 Å². The van der Waals surface area contributed by atoms with Crippen molar-refractivity contribution in [3.05, 3.63) is 45.7 Å². The Kier molecular flexibility index (Phi) is 5.24. The molecule has 1 aromatic carbocycles. The highest BCUT2D eigenvalue weighted by Crippen LogP contribution is 2.23. The van der Waals surface area contributed by atoms with Crippen molar-refractivity contribution in [1.82, 2.24) is 14.9 Å². The fourth-order valence-electron chi connectivity index (χ4n) is 1.73. The third-order valence-corrected chi connectivity index (χ3v) is 3.80. The van der Waals surface area contributed by atoms with Gasteiger partial charge < -0.3 is 11.5 Å². The van der Waals surface area contributed by atoms with Crippen LogP contribution in [0.1, 0.15) is 0 Å². The van der Waals surface area contributed by atoms with Crippen molar-refractivity contribution in [3.8, 4) is 5.69 Å². The maximum absolute atomic E-state index is 11.6. The van der Waals surface area contributed by atoms with Crippen LogP contribution >= 0.6 is 23.4 Å². The SMILES string of the molecule is NC(=O)NC(=O)CSc1nc(=O)cc(N)n1-c1ccc(Cl)cc1. The van der Waals surface area contributed by atoms with Gasteiger partial charge in [-0.25, -0.2) is 4.79 Å². The van der Waals surface area contributed by atoms with Gasteiger partial charge in [0.2, 0.25) is 5.91 Å². The Labute approximate surface area is 139 Å². The lowest BCUT2D eigenvalue weighted by Gasteiger charge is -2.14. The summed E-state index contributed by atoms with van der Waals surface area (Å²) in [5, 5.41) is 2.67. The molecule has 5 N–H and O–H groups in total. The number of primary amides is 1. The second-order valence-corrected chi connectivity index (χ2v) is 5.69. The number of aromatic nitrogens is 2. The number of amides is 3. The molecule has 0 atom stereocenters. The Balaban J connectivity index is 2.34. The molecule has 0 saturated heterocycles. The molecule has 1 aromatic heterocycles. The number of imide groups is 1. The summed E-state index contributed by atoms with van der Waals surface area (Å²) < 4.78 is 1.50. The van der Waals surface area contributed by atoms with Gasteiger partial charge in [0.25, 0.3) is 5.56 Å². The predicted molar refractivity (Wildman–Crippen MR) is 87.7 cm³/mol.